The predicted octanol–water partition coefficient (Wildman–Crippen LogP) is 4.90. The summed E-state index contributed by atoms with van der Waals surface area (Å²) in [4.78, 5) is 12.5. The molecule has 7 nitrogen and oxygen atoms in total. The highest BCUT2D eigenvalue weighted by atomic mass is 79.9. The number of hydrogen-bond donors (Lipinski definition) is 2. The Morgan fingerprint density at radius 2 is 1.84 bits per heavy atom. The van der Waals surface area contributed by atoms with Gasteiger partial charge in [-0.1, -0.05) is 30.3 Å². The van der Waals surface area contributed by atoms with Gasteiger partial charge in [-0.15, -0.1) is 0 Å². The Bertz CT molecular complexity index is 1100. The van der Waals surface area contributed by atoms with Crippen LogP contribution in [0.5, 0.6) is 23.0 Å². The zero-order valence-electron chi connectivity index (χ0n) is 17.7. The summed E-state index contributed by atoms with van der Waals surface area (Å²) in [5.41, 5.74) is 4.51. The highest BCUT2D eigenvalue weighted by Gasteiger charge is 2.12. The Kier molecular flexibility index (Phi) is 8.10. The summed E-state index contributed by atoms with van der Waals surface area (Å²) < 4.78 is 17.0. The van der Waals surface area contributed by atoms with Gasteiger partial charge in [-0.05, 0) is 64.3 Å². The molecule has 8 heteroatoms. The lowest BCUT2D eigenvalue weighted by molar-refractivity contribution is 0.0954. The van der Waals surface area contributed by atoms with Crippen molar-refractivity contribution in [3.05, 3.63) is 81.8 Å². The summed E-state index contributed by atoms with van der Waals surface area (Å²) in [5, 5.41) is 14.0. The Balaban J connectivity index is 1.66. The Morgan fingerprint density at radius 3 is 2.56 bits per heavy atom. The predicted molar refractivity (Wildman–Crippen MR) is 126 cm³/mol. The van der Waals surface area contributed by atoms with E-state index < -0.39 is 5.91 Å². The molecule has 3 rings (SSSR count). The van der Waals surface area contributed by atoms with Crippen LogP contribution in [0.25, 0.3) is 0 Å². The maximum Gasteiger partial charge on any atom is 0.271 e. The number of ether oxygens (including phenoxy) is 3. The number of nitrogens with one attached hydrogen (secondary N) is 1. The maximum atomic E-state index is 12.5. The molecule has 0 bridgehead atoms. The second-order valence-electron chi connectivity index (χ2n) is 6.62. The van der Waals surface area contributed by atoms with E-state index in [0.717, 1.165) is 5.56 Å². The van der Waals surface area contributed by atoms with Crippen molar-refractivity contribution < 1.29 is 24.1 Å². The molecule has 3 aromatic carbocycles. The van der Waals surface area contributed by atoms with Crippen molar-refractivity contribution in [3.63, 3.8) is 0 Å². The average molecular weight is 499 g/mol. The zero-order valence-corrected chi connectivity index (χ0v) is 19.3. The number of phenolic OH excluding ortho intramolecular Hbond substituents is 1. The van der Waals surface area contributed by atoms with Crippen molar-refractivity contribution in [1.82, 2.24) is 5.43 Å². The van der Waals surface area contributed by atoms with Gasteiger partial charge in [0.15, 0.2) is 23.0 Å². The number of nitrogens with zero attached hydrogens (tertiary/aromatic N) is 1. The van der Waals surface area contributed by atoms with E-state index in [4.69, 9.17) is 14.2 Å². The second kappa shape index (κ2) is 11.2. The summed E-state index contributed by atoms with van der Waals surface area (Å²) in [5.74, 6) is 0.910. The van der Waals surface area contributed by atoms with Crippen LogP contribution in [0.3, 0.4) is 0 Å². The van der Waals surface area contributed by atoms with Gasteiger partial charge in [-0.3, -0.25) is 4.79 Å². The molecule has 0 aliphatic carbocycles. The van der Waals surface area contributed by atoms with Crippen LogP contribution in [0.1, 0.15) is 28.4 Å². The molecule has 166 valence electrons. The van der Waals surface area contributed by atoms with Crippen LogP contribution in [-0.4, -0.2) is 30.9 Å². The van der Waals surface area contributed by atoms with Crippen molar-refractivity contribution in [2.75, 3.05) is 13.7 Å². The third-order valence-electron chi connectivity index (χ3n) is 4.39. The fourth-order valence-electron chi connectivity index (χ4n) is 2.83. The molecule has 0 aliphatic rings. The zero-order chi connectivity index (χ0) is 22.9. The summed E-state index contributed by atoms with van der Waals surface area (Å²) in [6.07, 6.45) is 1.46. The molecule has 0 atom stereocenters. The Labute approximate surface area is 194 Å². The van der Waals surface area contributed by atoms with Gasteiger partial charge in [0.05, 0.1) is 24.4 Å². The summed E-state index contributed by atoms with van der Waals surface area (Å²) in [6, 6.07) is 18.0. The van der Waals surface area contributed by atoms with E-state index >= 15 is 0 Å². The standard InChI is InChI=1S/C24H23BrN2O5/c1-3-31-22-12-17(11-19(25)23(22)28)14-26-27-24(29)18-9-10-20(21(13-18)30-2)32-15-16-7-5-4-6-8-16/h4-14,28H,3,15H2,1-2H3,(H,27,29)/b26-14+. The van der Waals surface area contributed by atoms with E-state index in [2.05, 4.69) is 26.5 Å². The van der Waals surface area contributed by atoms with Crippen molar-refractivity contribution in [2.24, 2.45) is 5.10 Å². The third kappa shape index (κ3) is 6.01. The smallest absolute Gasteiger partial charge is 0.271 e. The number of methoxy groups -OCH3 is 1. The first kappa shape index (κ1) is 23.1. The molecule has 0 aromatic heterocycles. The number of rotatable bonds is 9. The number of carbonyl (C=O) groups is 1. The van der Waals surface area contributed by atoms with Gasteiger partial charge in [0.25, 0.3) is 5.91 Å². The SMILES string of the molecule is CCOc1cc(/C=N/NC(=O)c2ccc(OCc3ccccc3)c(OC)c2)cc(Br)c1O. The van der Waals surface area contributed by atoms with Crippen molar-refractivity contribution >= 4 is 28.1 Å². The number of hydrazone groups is 1. The molecule has 1 amide bonds. The van der Waals surface area contributed by atoms with Gasteiger partial charge >= 0.3 is 0 Å². The number of aromatic hydroxyl groups is 1. The average Bonchev–Trinajstić information content (AvgIpc) is 2.81. The topological polar surface area (TPSA) is 89.4 Å². The number of hydrogen-bond acceptors (Lipinski definition) is 6. The number of phenols is 1. The summed E-state index contributed by atoms with van der Waals surface area (Å²) >= 11 is 3.27. The van der Waals surface area contributed by atoms with E-state index in [-0.39, 0.29) is 5.75 Å². The molecule has 2 N–H and O–H groups in total. The lowest BCUT2D eigenvalue weighted by Gasteiger charge is -2.12. The first-order chi connectivity index (χ1) is 15.5. The van der Waals surface area contributed by atoms with E-state index in [1.54, 1.807) is 30.3 Å². The fourth-order valence-corrected chi connectivity index (χ4v) is 3.29. The summed E-state index contributed by atoms with van der Waals surface area (Å²) in [7, 11) is 1.52. The van der Waals surface area contributed by atoms with E-state index in [0.29, 0.717) is 46.1 Å². The lowest BCUT2D eigenvalue weighted by atomic mass is 10.2. The lowest BCUT2D eigenvalue weighted by Crippen LogP contribution is -2.17. The minimum absolute atomic E-state index is 0.00898. The van der Waals surface area contributed by atoms with Gasteiger partial charge in [0.1, 0.15) is 6.61 Å². The van der Waals surface area contributed by atoms with Crippen LogP contribution in [-0.2, 0) is 6.61 Å². The molecule has 3 aromatic rings. The van der Waals surface area contributed by atoms with Crippen molar-refractivity contribution in [1.29, 1.82) is 0 Å². The molecule has 0 heterocycles. The highest BCUT2D eigenvalue weighted by Crippen LogP contribution is 2.35. The third-order valence-corrected chi connectivity index (χ3v) is 5.00. The van der Waals surface area contributed by atoms with E-state index in [1.165, 1.54) is 13.3 Å². The maximum absolute atomic E-state index is 12.5. The van der Waals surface area contributed by atoms with Crippen LogP contribution in [0.2, 0.25) is 0 Å². The van der Waals surface area contributed by atoms with Gasteiger partial charge in [-0.25, -0.2) is 5.43 Å². The minimum atomic E-state index is -0.406. The molecule has 0 saturated carbocycles. The van der Waals surface area contributed by atoms with Crippen LogP contribution in [0.15, 0.2) is 70.2 Å². The Morgan fingerprint density at radius 1 is 1.06 bits per heavy atom. The second-order valence-corrected chi connectivity index (χ2v) is 7.48. The summed E-state index contributed by atoms with van der Waals surface area (Å²) in [6.45, 7) is 2.61. The van der Waals surface area contributed by atoms with Crippen LogP contribution >= 0.6 is 15.9 Å². The molecule has 0 saturated heterocycles. The van der Waals surface area contributed by atoms with E-state index in [9.17, 15) is 9.90 Å². The molecular weight excluding hydrogens is 476 g/mol. The highest BCUT2D eigenvalue weighted by molar-refractivity contribution is 9.10. The molecule has 32 heavy (non-hydrogen) atoms. The first-order valence-corrected chi connectivity index (χ1v) is 10.6. The van der Waals surface area contributed by atoms with Crippen molar-refractivity contribution in [2.45, 2.75) is 13.5 Å². The van der Waals surface area contributed by atoms with Crippen LogP contribution in [0.4, 0.5) is 0 Å². The quantitative estimate of drug-likeness (QED) is 0.323. The number of benzene rings is 3. The van der Waals surface area contributed by atoms with Gasteiger partial charge in [0, 0.05) is 5.56 Å². The molecular formula is C24H23BrN2O5. The van der Waals surface area contributed by atoms with Gasteiger partial charge in [-0.2, -0.15) is 5.10 Å². The first-order valence-electron chi connectivity index (χ1n) is 9.85. The molecule has 0 unspecified atom stereocenters. The van der Waals surface area contributed by atoms with Crippen LogP contribution in [0, 0.1) is 0 Å². The molecule has 0 radical (unpaired) electrons. The van der Waals surface area contributed by atoms with E-state index in [1.807, 2.05) is 37.3 Å². The minimum Gasteiger partial charge on any atom is -0.503 e. The molecule has 0 spiro atoms. The number of halogens is 1. The monoisotopic (exact) mass is 498 g/mol. The Hall–Kier alpha value is -3.52. The molecule has 0 fully saturated rings. The number of amides is 1. The van der Waals surface area contributed by atoms with Crippen LogP contribution < -0.4 is 19.6 Å². The fraction of sp³-hybridized carbons (Fsp3) is 0.167. The normalized spacial score (nSPS) is 10.7. The molecule has 0 aliphatic heterocycles. The number of carbonyl (C=O) groups excluding carboxylic acids is 1. The largest absolute Gasteiger partial charge is 0.503 e. The van der Waals surface area contributed by atoms with Gasteiger partial charge in [0.2, 0.25) is 0 Å². The van der Waals surface area contributed by atoms with Crippen molar-refractivity contribution in [3.8, 4) is 23.0 Å². The van der Waals surface area contributed by atoms with Gasteiger partial charge < -0.3 is 19.3 Å².